The quantitative estimate of drug-likeness (QED) is 0.163. The Morgan fingerprint density at radius 2 is 1.20 bits per heavy atom. The van der Waals surface area contributed by atoms with Crippen LogP contribution in [0.1, 0.15) is 169 Å². The molecule has 0 spiro atoms. The van der Waals surface area contributed by atoms with Gasteiger partial charge in [0.1, 0.15) is 0 Å². The summed E-state index contributed by atoms with van der Waals surface area (Å²) in [6.45, 7) is 62.2. The molecule has 0 saturated heterocycles. The van der Waals surface area contributed by atoms with Gasteiger partial charge in [-0.15, -0.1) is 0 Å². The Labute approximate surface area is 372 Å². The van der Waals surface area contributed by atoms with Crippen LogP contribution in [-0.4, -0.2) is 57.2 Å². The van der Waals surface area contributed by atoms with E-state index in [-0.39, 0.29) is 44.1 Å². The van der Waals surface area contributed by atoms with Crippen LogP contribution >= 0.6 is 0 Å². The van der Waals surface area contributed by atoms with Gasteiger partial charge in [-0.2, -0.15) is 0 Å². The summed E-state index contributed by atoms with van der Waals surface area (Å²) < 4.78 is 29.0. The fraction of sp³-hybridized carbons (Fsp3) is 0.882. The van der Waals surface area contributed by atoms with Crippen LogP contribution in [0.5, 0.6) is 0 Å². The highest BCUT2D eigenvalue weighted by atomic mass is 28.4. The highest BCUT2D eigenvalue weighted by Crippen LogP contribution is 2.60. The van der Waals surface area contributed by atoms with E-state index in [0.717, 1.165) is 25.2 Å². The van der Waals surface area contributed by atoms with E-state index in [1.165, 1.54) is 49.7 Å². The molecule has 344 valence electrons. The zero-order chi connectivity index (χ0) is 45.8. The van der Waals surface area contributed by atoms with E-state index in [1.54, 1.807) is 5.57 Å². The van der Waals surface area contributed by atoms with Crippen LogP contribution in [0.2, 0.25) is 72.5 Å². The molecule has 1 unspecified atom stereocenters. The highest BCUT2D eigenvalue weighted by Gasteiger charge is 2.52. The molecule has 59 heavy (non-hydrogen) atoms. The average Bonchev–Trinajstić information content (AvgIpc) is 3.38. The van der Waals surface area contributed by atoms with E-state index in [1.807, 2.05) is 0 Å². The van der Waals surface area contributed by atoms with Crippen molar-refractivity contribution in [3.63, 3.8) is 0 Å². The largest absolute Gasteiger partial charge is 0.413 e. The summed E-state index contributed by atoms with van der Waals surface area (Å²) in [4.78, 5) is 0. The molecule has 3 aliphatic rings. The van der Waals surface area contributed by atoms with Crippen molar-refractivity contribution >= 4 is 33.3 Å². The third-order valence-electron chi connectivity index (χ3n) is 17.7. The Bertz CT molecular complexity index is 1510. The third kappa shape index (κ3) is 12.4. The molecule has 0 heterocycles. The van der Waals surface area contributed by atoms with Crippen molar-refractivity contribution in [3.8, 4) is 0 Å². The Kier molecular flexibility index (Phi) is 16.3. The lowest BCUT2D eigenvalue weighted by atomic mass is 9.60. The molecular weight excluding hydrogens is 789 g/mol. The van der Waals surface area contributed by atoms with Crippen LogP contribution in [0, 0.1) is 23.2 Å². The molecule has 0 aliphatic heterocycles. The molecule has 3 fully saturated rings. The Hall–Kier alpha value is -0.0725. The Balaban J connectivity index is 1.91. The van der Waals surface area contributed by atoms with E-state index in [9.17, 15) is 0 Å². The average molecular weight is 890 g/mol. The van der Waals surface area contributed by atoms with Crippen LogP contribution in [0.15, 0.2) is 35.5 Å². The maximum absolute atomic E-state index is 7.39. The molecule has 0 aromatic carbocycles. The van der Waals surface area contributed by atoms with Crippen molar-refractivity contribution < 1.29 is 17.7 Å². The van der Waals surface area contributed by atoms with E-state index in [2.05, 4.69) is 175 Å². The van der Waals surface area contributed by atoms with Gasteiger partial charge in [-0.25, -0.2) is 0 Å². The fourth-order valence-corrected chi connectivity index (χ4v) is 15.4. The molecule has 4 nitrogen and oxygen atoms in total. The van der Waals surface area contributed by atoms with Crippen molar-refractivity contribution in [1.82, 2.24) is 0 Å². The standard InChI is InChI=1S/C51H100O4Si4/c1-37(28-33-45(54-58(22,23)48(9,10)11)50(15,16)55-59(24,25)49(12,13)14)42-31-32-43-39(27-26-34-51(42,43)17)29-30-40-35-41(52-56(18,19)46(3,4)5)36-44(38(40)2)53-57(20,21)47(6,7)8/h29-30,37,41-45H,2,26-28,31-36H2,1,3-25H3/b39-29+,40-30-/t37-,41-,42-,43?,44+,45-,51-/m1/s1. The molecule has 3 aliphatic carbocycles. The van der Waals surface area contributed by atoms with E-state index >= 15 is 0 Å². The number of fused-ring (bicyclic) bond motifs is 1. The van der Waals surface area contributed by atoms with Crippen LogP contribution in [0.3, 0.4) is 0 Å². The number of hydrogen-bond acceptors (Lipinski definition) is 4. The summed E-state index contributed by atoms with van der Waals surface area (Å²) in [5.74, 6) is 2.00. The monoisotopic (exact) mass is 889 g/mol. The second-order valence-corrected chi connectivity index (χ2v) is 45.7. The van der Waals surface area contributed by atoms with E-state index < -0.39 is 33.3 Å². The minimum absolute atomic E-state index is 0.0130. The second kappa shape index (κ2) is 18.1. The zero-order valence-electron chi connectivity index (χ0n) is 43.8. The molecule has 0 N–H and O–H groups in total. The maximum Gasteiger partial charge on any atom is 0.192 e. The summed E-state index contributed by atoms with van der Waals surface area (Å²) in [6, 6.07) is 0. The zero-order valence-corrected chi connectivity index (χ0v) is 47.8. The van der Waals surface area contributed by atoms with Crippen molar-refractivity contribution in [3.05, 3.63) is 35.5 Å². The van der Waals surface area contributed by atoms with Gasteiger partial charge in [-0.1, -0.05) is 121 Å². The second-order valence-electron chi connectivity index (χ2n) is 26.7. The lowest BCUT2D eigenvalue weighted by Crippen LogP contribution is -2.56. The predicted octanol–water partition coefficient (Wildman–Crippen LogP) is 16.8. The Morgan fingerprint density at radius 1 is 0.695 bits per heavy atom. The number of hydrogen-bond donors (Lipinski definition) is 0. The molecule has 0 bridgehead atoms. The summed E-state index contributed by atoms with van der Waals surface area (Å²) >= 11 is 0. The molecule has 3 saturated carbocycles. The number of rotatable bonds is 14. The lowest BCUT2D eigenvalue weighted by molar-refractivity contribution is -0.0386. The topological polar surface area (TPSA) is 36.9 Å². The van der Waals surface area contributed by atoms with Crippen LogP contribution in [-0.2, 0) is 17.7 Å². The van der Waals surface area contributed by atoms with Gasteiger partial charge in [0.25, 0.3) is 0 Å². The van der Waals surface area contributed by atoms with Crippen LogP contribution < -0.4 is 0 Å². The van der Waals surface area contributed by atoms with E-state index in [0.29, 0.717) is 17.3 Å². The van der Waals surface area contributed by atoms with Gasteiger partial charge in [-0.3, -0.25) is 0 Å². The van der Waals surface area contributed by atoms with E-state index in [4.69, 9.17) is 24.3 Å². The van der Waals surface area contributed by atoms with Gasteiger partial charge < -0.3 is 17.7 Å². The summed E-state index contributed by atoms with van der Waals surface area (Å²) in [6.07, 6.45) is 15.8. The van der Waals surface area contributed by atoms with Crippen molar-refractivity contribution in [2.45, 2.75) is 265 Å². The Morgan fingerprint density at radius 3 is 1.71 bits per heavy atom. The molecule has 0 amide bonds. The van der Waals surface area contributed by atoms with Gasteiger partial charge >= 0.3 is 0 Å². The molecule has 0 aromatic rings. The van der Waals surface area contributed by atoms with Gasteiger partial charge in [0.15, 0.2) is 33.3 Å². The van der Waals surface area contributed by atoms with Crippen LogP contribution in [0.4, 0.5) is 0 Å². The normalized spacial score (nSPS) is 28.6. The molecule has 0 aromatic heterocycles. The molecule has 8 heteroatoms. The summed E-state index contributed by atoms with van der Waals surface area (Å²) in [5.41, 5.74) is 4.19. The van der Waals surface area contributed by atoms with Crippen molar-refractivity contribution in [2.24, 2.45) is 23.2 Å². The SMILES string of the molecule is C=C1/C(=C\C=C2/CCC[C@@]3(C)C2CC[C@@H]3[C@H](C)CC[C@@H](O[Si](C)(C)C(C)(C)C)C(C)(C)O[Si](C)(C)C(C)(C)C)C[C@@H](O[Si](C)(C)C(C)(C)C)C[C@@H]1O[Si](C)(C)C(C)(C)C. The number of allylic oxidation sites excluding steroid dienone is 3. The first-order chi connectivity index (χ1) is 26.2. The fourth-order valence-electron chi connectivity index (χ4n) is 9.55. The van der Waals surface area contributed by atoms with Crippen LogP contribution in [0.25, 0.3) is 0 Å². The maximum atomic E-state index is 7.39. The van der Waals surface area contributed by atoms with Crippen molar-refractivity contribution in [1.29, 1.82) is 0 Å². The highest BCUT2D eigenvalue weighted by molar-refractivity contribution is 6.75. The summed E-state index contributed by atoms with van der Waals surface area (Å²) in [7, 11) is -8.01. The molecule has 0 radical (unpaired) electrons. The lowest BCUT2D eigenvalue weighted by Gasteiger charge is -2.49. The smallest absolute Gasteiger partial charge is 0.192 e. The summed E-state index contributed by atoms with van der Waals surface area (Å²) in [5, 5.41) is 0.610. The van der Waals surface area contributed by atoms with Gasteiger partial charge in [0.05, 0.1) is 23.9 Å². The predicted molar refractivity (Wildman–Crippen MR) is 270 cm³/mol. The first-order valence-electron chi connectivity index (χ1n) is 24.0. The van der Waals surface area contributed by atoms with Crippen molar-refractivity contribution in [2.75, 3.05) is 0 Å². The molecule has 7 atom stereocenters. The van der Waals surface area contributed by atoms with Gasteiger partial charge in [0, 0.05) is 6.42 Å². The van der Waals surface area contributed by atoms with Gasteiger partial charge in [-0.05, 0) is 172 Å². The first kappa shape index (κ1) is 53.3. The minimum Gasteiger partial charge on any atom is -0.413 e. The molecular formula is C51H100O4Si4. The minimum atomic E-state index is -2.03. The first-order valence-corrected chi connectivity index (χ1v) is 35.6. The third-order valence-corrected chi connectivity index (χ3v) is 35.8. The molecule has 3 rings (SSSR count). The van der Waals surface area contributed by atoms with Gasteiger partial charge in [0.2, 0.25) is 0 Å².